The number of hydrogen-bond acceptors (Lipinski definition) is 2. The molecule has 130 valence electrons. The number of halogens is 1. The first kappa shape index (κ1) is 17.5. The fraction of sp³-hybridized carbons (Fsp3) is 0.300. The molecule has 1 atom stereocenters. The molecule has 0 aliphatic carbocycles. The molecular formula is C20H21ClN2O2. The first-order valence-corrected chi connectivity index (χ1v) is 8.89. The minimum atomic E-state index is -0.132. The first-order valence-electron chi connectivity index (χ1n) is 8.51. The van der Waals surface area contributed by atoms with E-state index in [0.29, 0.717) is 24.4 Å². The highest BCUT2D eigenvalue weighted by Gasteiger charge is 2.31. The Balaban J connectivity index is 1.46. The van der Waals surface area contributed by atoms with E-state index in [0.717, 1.165) is 18.5 Å². The van der Waals surface area contributed by atoms with E-state index in [9.17, 15) is 9.59 Å². The van der Waals surface area contributed by atoms with Crippen LogP contribution in [0.4, 0.5) is 5.69 Å². The molecule has 2 amide bonds. The Labute approximate surface area is 152 Å². The zero-order valence-corrected chi connectivity index (χ0v) is 14.7. The van der Waals surface area contributed by atoms with Crippen molar-refractivity contribution in [3.05, 3.63) is 65.2 Å². The minimum absolute atomic E-state index is 0.00619. The van der Waals surface area contributed by atoms with Crippen molar-refractivity contribution in [1.29, 1.82) is 0 Å². The lowest BCUT2D eigenvalue weighted by Crippen LogP contribution is -2.37. The summed E-state index contributed by atoms with van der Waals surface area (Å²) in [5.41, 5.74) is 2.05. The second-order valence-electron chi connectivity index (χ2n) is 6.29. The lowest BCUT2D eigenvalue weighted by Gasteiger charge is -2.17. The van der Waals surface area contributed by atoms with Crippen molar-refractivity contribution in [3.63, 3.8) is 0 Å². The van der Waals surface area contributed by atoms with Crippen molar-refractivity contribution in [1.82, 2.24) is 5.32 Å². The lowest BCUT2D eigenvalue weighted by atomic mass is 10.1. The Bertz CT molecular complexity index is 731. The quantitative estimate of drug-likeness (QED) is 0.860. The van der Waals surface area contributed by atoms with Crippen LogP contribution in [0, 0.1) is 0 Å². The van der Waals surface area contributed by atoms with E-state index >= 15 is 0 Å². The maximum Gasteiger partial charge on any atom is 0.229 e. The van der Waals surface area contributed by atoms with Crippen molar-refractivity contribution in [2.24, 2.45) is 0 Å². The third-order valence-electron chi connectivity index (χ3n) is 4.34. The van der Waals surface area contributed by atoms with Crippen LogP contribution in [0.2, 0.25) is 5.02 Å². The molecule has 0 bridgehead atoms. The highest BCUT2D eigenvalue weighted by atomic mass is 35.5. The highest BCUT2D eigenvalue weighted by molar-refractivity contribution is 6.30. The first-order chi connectivity index (χ1) is 12.1. The number of aryl methyl sites for hydroxylation is 1. The largest absolute Gasteiger partial charge is 0.351 e. The van der Waals surface area contributed by atoms with Gasteiger partial charge < -0.3 is 10.2 Å². The van der Waals surface area contributed by atoms with Crippen LogP contribution in [0.3, 0.4) is 0 Å². The van der Waals surface area contributed by atoms with Gasteiger partial charge in [0, 0.05) is 30.1 Å². The molecule has 5 heteroatoms. The van der Waals surface area contributed by atoms with Crippen molar-refractivity contribution in [2.75, 3.05) is 11.4 Å². The van der Waals surface area contributed by atoms with Crippen molar-refractivity contribution < 1.29 is 9.59 Å². The number of amides is 2. The third-order valence-corrected chi connectivity index (χ3v) is 4.59. The molecule has 1 saturated heterocycles. The molecule has 2 aromatic rings. The standard InChI is InChI=1S/C20H21ClN2O2/c21-16-9-11-18(12-10-16)23-14-17(13-20(23)25)22-19(24)8-4-7-15-5-2-1-3-6-15/h1-3,5-6,9-12,17H,4,7-8,13-14H2,(H,22,24)/t17-/m0/s1. The fourth-order valence-corrected chi connectivity index (χ4v) is 3.20. The Morgan fingerprint density at radius 2 is 1.84 bits per heavy atom. The second kappa shape index (κ2) is 8.17. The molecule has 1 fully saturated rings. The van der Waals surface area contributed by atoms with E-state index in [4.69, 9.17) is 11.6 Å². The normalized spacial score (nSPS) is 16.9. The predicted molar refractivity (Wildman–Crippen MR) is 99.7 cm³/mol. The molecule has 4 nitrogen and oxygen atoms in total. The number of anilines is 1. The summed E-state index contributed by atoms with van der Waals surface area (Å²) in [4.78, 5) is 26.0. The molecule has 0 spiro atoms. The smallest absolute Gasteiger partial charge is 0.229 e. The van der Waals surface area contributed by atoms with E-state index in [1.807, 2.05) is 30.3 Å². The van der Waals surface area contributed by atoms with E-state index in [1.54, 1.807) is 17.0 Å². The van der Waals surface area contributed by atoms with Crippen LogP contribution >= 0.6 is 11.6 Å². The van der Waals surface area contributed by atoms with Gasteiger partial charge in [-0.2, -0.15) is 0 Å². The zero-order chi connectivity index (χ0) is 17.6. The maximum absolute atomic E-state index is 12.2. The predicted octanol–water partition coefficient (Wildman–Crippen LogP) is 3.58. The van der Waals surface area contributed by atoms with Gasteiger partial charge in [0.05, 0.1) is 6.04 Å². The fourth-order valence-electron chi connectivity index (χ4n) is 3.07. The van der Waals surface area contributed by atoms with Gasteiger partial charge >= 0.3 is 0 Å². The molecule has 1 aliphatic rings. The Morgan fingerprint density at radius 3 is 2.56 bits per heavy atom. The van der Waals surface area contributed by atoms with Gasteiger partial charge in [-0.25, -0.2) is 0 Å². The molecule has 0 unspecified atom stereocenters. The number of rotatable bonds is 6. The summed E-state index contributed by atoms with van der Waals surface area (Å²) >= 11 is 5.88. The van der Waals surface area contributed by atoms with Crippen LogP contribution in [-0.2, 0) is 16.0 Å². The number of nitrogens with zero attached hydrogens (tertiary/aromatic N) is 1. The molecule has 0 aromatic heterocycles. The van der Waals surface area contributed by atoms with Gasteiger partial charge in [-0.3, -0.25) is 9.59 Å². The van der Waals surface area contributed by atoms with Gasteiger partial charge in [0.1, 0.15) is 0 Å². The van der Waals surface area contributed by atoms with Crippen molar-refractivity contribution >= 4 is 29.1 Å². The molecule has 1 N–H and O–H groups in total. The van der Waals surface area contributed by atoms with Gasteiger partial charge in [0.15, 0.2) is 0 Å². The summed E-state index contributed by atoms with van der Waals surface area (Å²) in [6.45, 7) is 0.505. The van der Waals surface area contributed by atoms with Crippen molar-refractivity contribution in [3.8, 4) is 0 Å². The monoisotopic (exact) mass is 356 g/mol. The van der Waals surface area contributed by atoms with E-state index in [1.165, 1.54) is 5.56 Å². The average Bonchev–Trinajstić information content (AvgIpc) is 2.96. The molecule has 0 saturated carbocycles. The van der Waals surface area contributed by atoms with Gasteiger partial charge in [-0.15, -0.1) is 0 Å². The molecule has 2 aromatic carbocycles. The molecule has 0 radical (unpaired) electrons. The molecule has 3 rings (SSSR count). The average molecular weight is 357 g/mol. The van der Waals surface area contributed by atoms with Crippen LogP contribution in [0.15, 0.2) is 54.6 Å². The molecular weight excluding hydrogens is 336 g/mol. The van der Waals surface area contributed by atoms with Crippen molar-refractivity contribution in [2.45, 2.75) is 31.7 Å². The summed E-state index contributed by atoms with van der Waals surface area (Å²) in [5.74, 6) is 0.0311. The number of nitrogens with one attached hydrogen (secondary N) is 1. The molecule has 25 heavy (non-hydrogen) atoms. The summed E-state index contributed by atoms with van der Waals surface area (Å²) in [5, 5.41) is 3.62. The number of hydrogen-bond donors (Lipinski definition) is 1. The molecule has 1 aliphatic heterocycles. The third kappa shape index (κ3) is 4.83. The summed E-state index contributed by atoms with van der Waals surface area (Å²) in [6, 6.07) is 17.2. The Kier molecular flexibility index (Phi) is 5.71. The van der Waals surface area contributed by atoms with Crippen LogP contribution in [-0.4, -0.2) is 24.4 Å². The van der Waals surface area contributed by atoms with Crippen LogP contribution in [0.25, 0.3) is 0 Å². The lowest BCUT2D eigenvalue weighted by molar-refractivity contribution is -0.121. The topological polar surface area (TPSA) is 49.4 Å². The van der Waals surface area contributed by atoms with Crippen LogP contribution < -0.4 is 10.2 Å². The summed E-state index contributed by atoms with van der Waals surface area (Å²) in [7, 11) is 0. The van der Waals surface area contributed by atoms with E-state index in [2.05, 4.69) is 17.4 Å². The van der Waals surface area contributed by atoms with Crippen LogP contribution in [0.5, 0.6) is 0 Å². The Hall–Kier alpha value is -2.33. The number of carbonyl (C=O) groups excluding carboxylic acids is 2. The van der Waals surface area contributed by atoms with Gasteiger partial charge in [0.25, 0.3) is 0 Å². The maximum atomic E-state index is 12.2. The number of carbonyl (C=O) groups is 2. The summed E-state index contributed by atoms with van der Waals surface area (Å²) in [6.07, 6.45) is 2.50. The van der Waals surface area contributed by atoms with Crippen LogP contribution in [0.1, 0.15) is 24.8 Å². The van der Waals surface area contributed by atoms with Gasteiger partial charge in [0.2, 0.25) is 11.8 Å². The summed E-state index contributed by atoms with van der Waals surface area (Å²) < 4.78 is 0. The van der Waals surface area contributed by atoms with E-state index in [-0.39, 0.29) is 17.9 Å². The molecule has 1 heterocycles. The van der Waals surface area contributed by atoms with E-state index < -0.39 is 0 Å². The second-order valence-corrected chi connectivity index (χ2v) is 6.72. The SMILES string of the molecule is O=C(CCCc1ccccc1)N[C@H]1CC(=O)N(c2ccc(Cl)cc2)C1. The highest BCUT2D eigenvalue weighted by Crippen LogP contribution is 2.23. The van der Waals surface area contributed by atoms with Gasteiger partial charge in [-0.05, 0) is 42.7 Å². The number of benzene rings is 2. The zero-order valence-electron chi connectivity index (χ0n) is 14.0. The van der Waals surface area contributed by atoms with Gasteiger partial charge in [-0.1, -0.05) is 41.9 Å². The minimum Gasteiger partial charge on any atom is -0.351 e. The Morgan fingerprint density at radius 1 is 1.12 bits per heavy atom.